The zero-order valence-electron chi connectivity index (χ0n) is 11.3. The molecule has 0 atom stereocenters. The number of nitrogens with zero attached hydrogens (tertiary/aromatic N) is 1. The number of nitrogens with one attached hydrogen (secondary N) is 1. The van der Waals surface area contributed by atoms with Crippen LogP contribution in [0.15, 0.2) is 18.2 Å². The number of anilines is 1. The highest BCUT2D eigenvalue weighted by Gasteiger charge is 2.20. The molecule has 0 unspecified atom stereocenters. The molecule has 1 aromatic carbocycles. The van der Waals surface area contributed by atoms with Crippen LogP contribution in [0, 0.1) is 6.92 Å². The lowest BCUT2D eigenvalue weighted by Gasteiger charge is -2.22. The molecule has 2 heteroatoms. The first-order valence-corrected chi connectivity index (χ1v) is 6.74. The van der Waals surface area contributed by atoms with Crippen molar-refractivity contribution >= 4 is 5.69 Å². The van der Waals surface area contributed by atoms with Crippen molar-refractivity contribution < 1.29 is 0 Å². The fourth-order valence-electron chi connectivity index (χ4n) is 2.23. The van der Waals surface area contributed by atoms with E-state index in [0.29, 0.717) is 0 Å². The lowest BCUT2D eigenvalue weighted by Crippen LogP contribution is -2.22. The lowest BCUT2D eigenvalue weighted by molar-refractivity contribution is 0.684. The van der Waals surface area contributed by atoms with Crippen molar-refractivity contribution in [1.82, 2.24) is 5.32 Å². The van der Waals surface area contributed by atoms with E-state index < -0.39 is 0 Å². The average molecular weight is 232 g/mol. The Kier molecular flexibility index (Phi) is 4.06. The molecule has 1 N–H and O–H groups in total. The van der Waals surface area contributed by atoms with Crippen LogP contribution in [0.5, 0.6) is 0 Å². The highest BCUT2D eigenvalue weighted by molar-refractivity contribution is 5.54. The summed E-state index contributed by atoms with van der Waals surface area (Å²) < 4.78 is 0. The Hall–Kier alpha value is -1.02. The topological polar surface area (TPSA) is 15.3 Å². The molecule has 0 spiro atoms. The maximum atomic E-state index is 3.61. The minimum Gasteiger partial charge on any atom is -0.374 e. The third-order valence-corrected chi connectivity index (χ3v) is 3.36. The number of benzene rings is 1. The second-order valence-corrected chi connectivity index (χ2v) is 5.21. The van der Waals surface area contributed by atoms with Gasteiger partial charge < -0.3 is 10.2 Å². The van der Waals surface area contributed by atoms with Gasteiger partial charge in [0.1, 0.15) is 0 Å². The summed E-state index contributed by atoms with van der Waals surface area (Å²) in [6.45, 7) is 6.53. The van der Waals surface area contributed by atoms with Gasteiger partial charge in [0, 0.05) is 31.9 Å². The van der Waals surface area contributed by atoms with E-state index in [2.05, 4.69) is 49.3 Å². The Morgan fingerprint density at radius 2 is 2.12 bits per heavy atom. The van der Waals surface area contributed by atoms with Gasteiger partial charge in [0.15, 0.2) is 0 Å². The molecular weight excluding hydrogens is 208 g/mol. The molecular formula is C15H24N2. The predicted molar refractivity (Wildman–Crippen MR) is 74.6 cm³/mol. The molecule has 0 bridgehead atoms. The molecule has 1 fully saturated rings. The minimum absolute atomic E-state index is 0.778. The Bertz CT molecular complexity index is 369. The number of hydrogen-bond donors (Lipinski definition) is 1. The van der Waals surface area contributed by atoms with Crippen LogP contribution in [-0.4, -0.2) is 19.6 Å². The molecule has 2 rings (SSSR count). The first-order valence-electron chi connectivity index (χ1n) is 6.74. The number of hydrogen-bond acceptors (Lipinski definition) is 2. The van der Waals surface area contributed by atoms with Crippen LogP contribution in [-0.2, 0) is 6.54 Å². The van der Waals surface area contributed by atoms with E-state index in [9.17, 15) is 0 Å². The van der Waals surface area contributed by atoms with Crippen molar-refractivity contribution in [3.8, 4) is 0 Å². The van der Waals surface area contributed by atoms with E-state index in [-0.39, 0.29) is 0 Å². The SMILES string of the molecule is CCCN(C)c1ccc(C)cc1CNC1CC1. The molecule has 0 amide bonds. The molecule has 1 aliphatic rings. The van der Waals surface area contributed by atoms with E-state index in [1.807, 2.05) is 0 Å². The summed E-state index contributed by atoms with van der Waals surface area (Å²) in [5, 5.41) is 3.61. The largest absolute Gasteiger partial charge is 0.374 e. The zero-order valence-corrected chi connectivity index (χ0v) is 11.3. The molecule has 2 nitrogen and oxygen atoms in total. The van der Waals surface area contributed by atoms with Crippen molar-refractivity contribution in [3.63, 3.8) is 0 Å². The molecule has 1 saturated carbocycles. The van der Waals surface area contributed by atoms with Gasteiger partial charge in [-0.1, -0.05) is 24.6 Å². The summed E-state index contributed by atoms with van der Waals surface area (Å²) in [6, 6.07) is 7.56. The molecule has 0 heterocycles. The van der Waals surface area contributed by atoms with Crippen molar-refractivity contribution in [1.29, 1.82) is 0 Å². The Morgan fingerprint density at radius 1 is 1.35 bits per heavy atom. The highest BCUT2D eigenvalue weighted by Crippen LogP contribution is 2.24. The van der Waals surface area contributed by atoms with Crippen LogP contribution < -0.4 is 10.2 Å². The van der Waals surface area contributed by atoms with Crippen LogP contribution in [0.4, 0.5) is 5.69 Å². The van der Waals surface area contributed by atoms with Gasteiger partial charge in [0.2, 0.25) is 0 Å². The fraction of sp³-hybridized carbons (Fsp3) is 0.600. The zero-order chi connectivity index (χ0) is 12.3. The van der Waals surface area contributed by atoms with Crippen LogP contribution >= 0.6 is 0 Å². The van der Waals surface area contributed by atoms with Gasteiger partial charge in [-0.25, -0.2) is 0 Å². The van der Waals surface area contributed by atoms with Crippen LogP contribution in [0.25, 0.3) is 0 Å². The monoisotopic (exact) mass is 232 g/mol. The van der Waals surface area contributed by atoms with Crippen molar-refractivity contribution in [2.45, 2.75) is 45.7 Å². The van der Waals surface area contributed by atoms with Crippen LogP contribution in [0.1, 0.15) is 37.3 Å². The standard InChI is InChI=1S/C15H24N2/c1-4-9-17(3)15-8-5-12(2)10-13(15)11-16-14-6-7-14/h5,8,10,14,16H,4,6-7,9,11H2,1-3H3. The fourth-order valence-corrected chi connectivity index (χ4v) is 2.23. The van der Waals surface area contributed by atoms with E-state index in [1.54, 1.807) is 0 Å². The second-order valence-electron chi connectivity index (χ2n) is 5.21. The van der Waals surface area contributed by atoms with Crippen molar-refractivity contribution in [3.05, 3.63) is 29.3 Å². The summed E-state index contributed by atoms with van der Waals surface area (Å²) in [7, 11) is 2.19. The average Bonchev–Trinajstić information content (AvgIpc) is 3.10. The number of rotatable bonds is 6. The number of aryl methyl sites for hydroxylation is 1. The van der Waals surface area contributed by atoms with E-state index in [1.165, 1.54) is 36.1 Å². The Morgan fingerprint density at radius 3 is 2.76 bits per heavy atom. The van der Waals surface area contributed by atoms with Gasteiger partial charge in [0.25, 0.3) is 0 Å². The maximum absolute atomic E-state index is 3.61. The summed E-state index contributed by atoms with van der Waals surface area (Å²) in [6.07, 6.45) is 3.90. The third kappa shape index (κ3) is 3.47. The van der Waals surface area contributed by atoms with E-state index in [0.717, 1.165) is 19.1 Å². The quantitative estimate of drug-likeness (QED) is 0.811. The molecule has 94 valence electrons. The summed E-state index contributed by atoms with van der Waals surface area (Å²) in [4.78, 5) is 2.36. The third-order valence-electron chi connectivity index (χ3n) is 3.36. The highest BCUT2D eigenvalue weighted by atomic mass is 15.1. The summed E-state index contributed by atoms with van der Waals surface area (Å²) in [5.41, 5.74) is 4.17. The van der Waals surface area contributed by atoms with Crippen molar-refractivity contribution in [2.75, 3.05) is 18.5 Å². The summed E-state index contributed by atoms with van der Waals surface area (Å²) >= 11 is 0. The molecule has 1 aliphatic carbocycles. The van der Waals surface area contributed by atoms with E-state index in [4.69, 9.17) is 0 Å². The molecule has 0 aliphatic heterocycles. The first-order chi connectivity index (χ1) is 8.20. The van der Waals surface area contributed by atoms with Crippen LogP contribution in [0.3, 0.4) is 0 Å². The van der Waals surface area contributed by atoms with E-state index >= 15 is 0 Å². The lowest BCUT2D eigenvalue weighted by atomic mass is 10.1. The van der Waals surface area contributed by atoms with Crippen molar-refractivity contribution in [2.24, 2.45) is 0 Å². The second kappa shape index (κ2) is 5.54. The molecule has 0 aromatic heterocycles. The first kappa shape index (κ1) is 12.4. The molecule has 0 radical (unpaired) electrons. The van der Waals surface area contributed by atoms with Gasteiger partial charge in [-0.3, -0.25) is 0 Å². The maximum Gasteiger partial charge on any atom is 0.0409 e. The summed E-state index contributed by atoms with van der Waals surface area (Å²) in [5.74, 6) is 0. The van der Waals surface area contributed by atoms with Gasteiger partial charge >= 0.3 is 0 Å². The van der Waals surface area contributed by atoms with Gasteiger partial charge in [-0.05, 0) is 37.8 Å². The Labute approximate surface area is 105 Å². The Balaban J connectivity index is 2.10. The molecule has 17 heavy (non-hydrogen) atoms. The molecule has 0 saturated heterocycles. The normalized spacial score (nSPS) is 15.0. The molecule has 1 aromatic rings. The van der Waals surface area contributed by atoms with Gasteiger partial charge in [-0.15, -0.1) is 0 Å². The smallest absolute Gasteiger partial charge is 0.0409 e. The minimum atomic E-state index is 0.778. The van der Waals surface area contributed by atoms with Gasteiger partial charge in [-0.2, -0.15) is 0 Å². The van der Waals surface area contributed by atoms with Crippen LogP contribution in [0.2, 0.25) is 0 Å². The predicted octanol–water partition coefficient (Wildman–Crippen LogP) is 3.09. The van der Waals surface area contributed by atoms with Gasteiger partial charge in [0.05, 0.1) is 0 Å².